The molecule has 5 heteroatoms. The molecule has 2 fully saturated rings. The third-order valence-corrected chi connectivity index (χ3v) is 5.35. The van der Waals surface area contributed by atoms with Crippen LogP contribution >= 0.6 is 0 Å². The zero-order valence-electron chi connectivity index (χ0n) is 15.9. The van der Waals surface area contributed by atoms with E-state index in [0.29, 0.717) is 5.41 Å². The Hall–Kier alpha value is -1.91. The summed E-state index contributed by atoms with van der Waals surface area (Å²) in [7, 11) is 1.69. The molecule has 2 heterocycles. The first kappa shape index (κ1) is 17.9. The Balaban J connectivity index is 1.56. The molecule has 0 unspecified atom stereocenters. The number of piperidine rings is 1. The number of nitrogens with zero attached hydrogens (tertiary/aromatic N) is 2. The molecular weight excluding hydrogens is 316 g/mol. The van der Waals surface area contributed by atoms with E-state index in [1.807, 2.05) is 37.8 Å². The van der Waals surface area contributed by atoms with Crippen LogP contribution in [0.4, 0.5) is 10.5 Å². The van der Waals surface area contributed by atoms with Crippen LogP contribution in [0.2, 0.25) is 0 Å². The lowest BCUT2D eigenvalue weighted by molar-refractivity contribution is 0.0122. The van der Waals surface area contributed by atoms with Crippen LogP contribution in [0, 0.1) is 5.41 Å². The Morgan fingerprint density at radius 3 is 2.20 bits per heavy atom. The van der Waals surface area contributed by atoms with Crippen molar-refractivity contribution in [3.05, 3.63) is 24.3 Å². The lowest BCUT2D eigenvalue weighted by Gasteiger charge is -2.39. The van der Waals surface area contributed by atoms with Gasteiger partial charge in [-0.2, -0.15) is 0 Å². The fourth-order valence-corrected chi connectivity index (χ4v) is 3.85. The molecule has 0 radical (unpaired) electrons. The molecule has 25 heavy (non-hydrogen) atoms. The minimum atomic E-state index is -0.426. The summed E-state index contributed by atoms with van der Waals surface area (Å²) in [6, 6.07) is 8.30. The van der Waals surface area contributed by atoms with E-state index in [0.717, 1.165) is 44.8 Å². The molecule has 0 N–H and O–H groups in total. The van der Waals surface area contributed by atoms with Crippen LogP contribution in [0.15, 0.2) is 24.3 Å². The van der Waals surface area contributed by atoms with Crippen LogP contribution in [0.25, 0.3) is 0 Å². The Labute approximate surface area is 150 Å². The first-order chi connectivity index (χ1) is 11.8. The Bertz CT molecular complexity index is 598. The van der Waals surface area contributed by atoms with Crippen molar-refractivity contribution in [2.45, 2.75) is 45.6 Å². The number of hydrogen-bond donors (Lipinski definition) is 0. The lowest BCUT2D eigenvalue weighted by atomic mass is 9.78. The number of carbonyl (C=O) groups is 1. The topological polar surface area (TPSA) is 42.0 Å². The van der Waals surface area contributed by atoms with E-state index in [1.165, 1.54) is 12.1 Å². The summed E-state index contributed by atoms with van der Waals surface area (Å²) < 4.78 is 10.7. The predicted molar refractivity (Wildman–Crippen MR) is 99.3 cm³/mol. The highest BCUT2D eigenvalue weighted by atomic mass is 16.6. The van der Waals surface area contributed by atoms with E-state index < -0.39 is 5.60 Å². The highest BCUT2D eigenvalue weighted by Crippen LogP contribution is 2.42. The summed E-state index contributed by atoms with van der Waals surface area (Å²) in [6.45, 7) is 9.50. The SMILES string of the molecule is COc1ccc(N2CCC3(CCN(C(=O)OC(C)(C)C)CC3)C2)cc1. The van der Waals surface area contributed by atoms with Gasteiger partial charge >= 0.3 is 6.09 Å². The van der Waals surface area contributed by atoms with Crippen LogP contribution in [0.3, 0.4) is 0 Å². The first-order valence-corrected chi connectivity index (χ1v) is 9.17. The van der Waals surface area contributed by atoms with Crippen molar-refractivity contribution in [3.63, 3.8) is 0 Å². The van der Waals surface area contributed by atoms with E-state index in [4.69, 9.17) is 9.47 Å². The number of amides is 1. The van der Waals surface area contributed by atoms with Crippen LogP contribution < -0.4 is 9.64 Å². The maximum Gasteiger partial charge on any atom is 0.410 e. The molecule has 138 valence electrons. The van der Waals surface area contributed by atoms with Crippen molar-refractivity contribution in [1.29, 1.82) is 0 Å². The number of ether oxygens (including phenoxy) is 2. The Morgan fingerprint density at radius 1 is 1.04 bits per heavy atom. The summed E-state index contributed by atoms with van der Waals surface area (Å²) in [4.78, 5) is 16.6. The fraction of sp³-hybridized carbons (Fsp3) is 0.650. The maximum atomic E-state index is 12.2. The van der Waals surface area contributed by atoms with Gasteiger partial charge in [-0.3, -0.25) is 0 Å². The summed E-state index contributed by atoms with van der Waals surface area (Å²) in [5.74, 6) is 0.892. The average molecular weight is 346 g/mol. The van der Waals surface area contributed by atoms with E-state index in [1.54, 1.807) is 7.11 Å². The highest BCUT2D eigenvalue weighted by molar-refractivity contribution is 5.68. The van der Waals surface area contributed by atoms with Crippen molar-refractivity contribution in [2.24, 2.45) is 5.41 Å². The van der Waals surface area contributed by atoms with Gasteiger partial charge in [0, 0.05) is 31.9 Å². The summed E-state index contributed by atoms with van der Waals surface area (Å²) >= 11 is 0. The largest absolute Gasteiger partial charge is 0.497 e. The molecular formula is C20H30N2O3. The van der Waals surface area contributed by atoms with E-state index in [-0.39, 0.29) is 6.09 Å². The molecule has 5 nitrogen and oxygen atoms in total. The second-order valence-electron chi connectivity index (χ2n) is 8.34. The standard InChI is InChI=1S/C20H30N2O3/c1-19(2,3)25-18(23)21-12-9-20(10-13-21)11-14-22(15-20)16-5-7-17(24-4)8-6-16/h5-8H,9-15H2,1-4H3. The molecule has 2 aliphatic rings. The number of likely N-dealkylation sites (tertiary alicyclic amines) is 1. The van der Waals surface area contributed by atoms with Gasteiger partial charge in [-0.1, -0.05) is 0 Å². The van der Waals surface area contributed by atoms with Gasteiger partial charge in [0.15, 0.2) is 0 Å². The molecule has 3 rings (SSSR count). The number of hydrogen-bond acceptors (Lipinski definition) is 4. The predicted octanol–water partition coefficient (Wildman–Crippen LogP) is 3.92. The van der Waals surface area contributed by atoms with Gasteiger partial charge < -0.3 is 19.3 Å². The van der Waals surface area contributed by atoms with E-state index in [9.17, 15) is 4.79 Å². The number of anilines is 1. The smallest absolute Gasteiger partial charge is 0.410 e. The molecule has 0 aliphatic carbocycles. The van der Waals surface area contributed by atoms with Crippen molar-refractivity contribution < 1.29 is 14.3 Å². The molecule has 0 saturated carbocycles. The van der Waals surface area contributed by atoms with Crippen molar-refractivity contribution >= 4 is 11.8 Å². The van der Waals surface area contributed by atoms with Gasteiger partial charge in [-0.25, -0.2) is 4.79 Å². The van der Waals surface area contributed by atoms with Gasteiger partial charge in [0.05, 0.1) is 7.11 Å². The van der Waals surface area contributed by atoms with Crippen LogP contribution in [-0.2, 0) is 4.74 Å². The minimum absolute atomic E-state index is 0.174. The first-order valence-electron chi connectivity index (χ1n) is 9.17. The normalized spacial score (nSPS) is 20.0. The van der Waals surface area contributed by atoms with Gasteiger partial charge in [0.25, 0.3) is 0 Å². The molecule has 0 aromatic heterocycles. The molecule has 0 atom stereocenters. The molecule has 1 spiro atoms. The van der Waals surface area contributed by atoms with Gasteiger partial charge in [-0.15, -0.1) is 0 Å². The third-order valence-electron chi connectivity index (χ3n) is 5.35. The molecule has 0 bridgehead atoms. The third kappa shape index (κ3) is 4.20. The van der Waals surface area contributed by atoms with Crippen molar-refractivity contribution in [2.75, 3.05) is 38.2 Å². The lowest BCUT2D eigenvalue weighted by Crippen LogP contribution is -2.46. The monoisotopic (exact) mass is 346 g/mol. The quantitative estimate of drug-likeness (QED) is 0.814. The van der Waals surface area contributed by atoms with Crippen molar-refractivity contribution in [1.82, 2.24) is 4.90 Å². The number of carbonyl (C=O) groups excluding carboxylic acids is 1. The molecule has 2 aliphatic heterocycles. The van der Waals surface area contributed by atoms with Crippen LogP contribution in [-0.4, -0.2) is 49.9 Å². The van der Waals surface area contributed by atoms with Crippen molar-refractivity contribution in [3.8, 4) is 5.75 Å². The van der Waals surface area contributed by atoms with Crippen LogP contribution in [0.5, 0.6) is 5.75 Å². The van der Waals surface area contributed by atoms with Gasteiger partial charge in [0.1, 0.15) is 11.4 Å². The molecule has 1 aromatic rings. The Kier molecular flexibility index (Phi) is 4.85. The number of benzene rings is 1. The number of rotatable bonds is 2. The summed E-state index contributed by atoms with van der Waals surface area (Å²) in [6.07, 6.45) is 3.13. The average Bonchev–Trinajstić information content (AvgIpc) is 2.98. The van der Waals surface area contributed by atoms with Gasteiger partial charge in [-0.05, 0) is 69.7 Å². The number of methoxy groups -OCH3 is 1. The zero-order chi connectivity index (χ0) is 18.1. The zero-order valence-corrected chi connectivity index (χ0v) is 15.9. The molecule has 2 saturated heterocycles. The minimum Gasteiger partial charge on any atom is -0.497 e. The fourth-order valence-electron chi connectivity index (χ4n) is 3.85. The maximum absolute atomic E-state index is 12.2. The van der Waals surface area contributed by atoms with E-state index >= 15 is 0 Å². The van der Waals surface area contributed by atoms with Crippen LogP contribution in [0.1, 0.15) is 40.0 Å². The van der Waals surface area contributed by atoms with E-state index in [2.05, 4.69) is 17.0 Å². The Morgan fingerprint density at radius 2 is 1.64 bits per heavy atom. The molecule has 1 amide bonds. The highest BCUT2D eigenvalue weighted by Gasteiger charge is 2.42. The molecule has 1 aromatic carbocycles. The van der Waals surface area contributed by atoms with Gasteiger partial charge in [0.2, 0.25) is 0 Å². The summed E-state index contributed by atoms with van der Waals surface area (Å²) in [5, 5.41) is 0. The second kappa shape index (κ2) is 6.77. The summed E-state index contributed by atoms with van der Waals surface area (Å²) in [5.41, 5.74) is 1.16. The second-order valence-corrected chi connectivity index (χ2v) is 8.34.